The van der Waals surface area contributed by atoms with Crippen molar-refractivity contribution < 1.29 is 22.6 Å². The summed E-state index contributed by atoms with van der Waals surface area (Å²) in [5.74, 6) is 0.456. The van der Waals surface area contributed by atoms with E-state index in [0.29, 0.717) is 19.0 Å². The van der Waals surface area contributed by atoms with Crippen LogP contribution in [-0.4, -0.2) is 25.6 Å². The second-order valence-corrected chi connectivity index (χ2v) is 5.37. The number of thiol groups is 1. The summed E-state index contributed by atoms with van der Waals surface area (Å²) in [5.41, 5.74) is -0.943. The van der Waals surface area contributed by atoms with Crippen molar-refractivity contribution in [2.24, 2.45) is 5.41 Å². The number of hydrogen-bond acceptors (Lipinski definition) is 3. The summed E-state index contributed by atoms with van der Waals surface area (Å²) in [6.45, 7) is 1.43. The van der Waals surface area contributed by atoms with Crippen LogP contribution in [0.15, 0.2) is 24.3 Å². The van der Waals surface area contributed by atoms with Crippen molar-refractivity contribution in [2.75, 3.05) is 25.6 Å². The third kappa shape index (κ3) is 3.61. The standard InChI is InChI=1S/C14H17F3O2S/c15-14(16,17)11-3-1-2-4-12(11)19-9-13(10-20)5-7-18-8-6-13/h1-4,20H,5-10H2. The second kappa shape index (κ2) is 6.26. The molecule has 2 rings (SSSR count). The van der Waals surface area contributed by atoms with Crippen molar-refractivity contribution in [3.8, 4) is 5.75 Å². The molecule has 0 bridgehead atoms. The second-order valence-electron chi connectivity index (χ2n) is 5.05. The van der Waals surface area contributed by atoms with E-state index >= 15 is 0 Å². The SMILES string of the molecule is FC(F)(F)c1ccccc1OCC1(CS)CCOCC1. The third-order valence-electron chi connectivity index (χ3n) is 3.62. The predicted octanol–water partition coefficient (Wildman–Crippen LogP) is 3.81. The van der Waals surface area contributed by atoms with Gasteiger partial charge in [0.25, 0.3) is 0 Å². The van der Waals surface area contributed by atoms with E-state index in [4.69, 9.17) is 9.47 Å². The summed E-state index contributed by atoms with van der Waals surface area (Å²) in [7, 11) is 0. The lowest BCUT2D eigenvalue weighted by Gasteiger charge is -2.35. The van der Waals surface area contributed by atoms with Crippen LogP contribution in [0.5, 0.6) is 5.75 Å². The van der Waals surface area contributed by atoms with E-state index in [-0.39, 0.29) is 17.8 Å². The molecule has 1 aliphatic rings. The molecule has 20 heavy (non-hydrogen) atoms. The Morgan fingerprint density at radius 3 is 2.45 bits per heavy atom. The molecule has 0 spiro atoms. The molecule has 0 atom stereocenters. The lowest BCUT2D eigenvalue weighted by atomic mass is 9.83. The molecule has 1 saturated heterocycles. The Kier molecular flexibility index (Phi) is 4.86. The summed E-state index contributed by atoms with van der Waals surface area (Å²) in [6, 6.07) is 5.29. The van der Waals surface area contributed by atoms with Gasteiger partial charge in [0.2, 0.25) is 0 Å². The molecule has 0 saturated carbocycles. The van der Waals surface area contributed by atoms with Crippen LogP contribution in [0.1, 0.15) is 18.4 Å². The van der Waals surface area contributed by atoms with Gasteiger partial charge in [-0.15, -0.1) is 0 Å². The van der Waals surface area contributed by atoms with E-state index in [1.165, 1.54) is 12.1 Å². The zero-order valence-electron chi connectivity index (χ0n) is 10.9. The van der Waals surface area contributed by atoms with Crippen molar-refractivity contribution >= 4 is 12.6 Å². The molecule has 1 aromatic rings. The number of hydrogen-bond donors (Lipinski definition) is 1. The molecule has 0 amide bonds. The van der Waals surface area contributed by atoms with Gasteiger partial charge in [-0.3, -0.25) is 0 Å². The zero-order valence-corrected chi connectivity index (χ0v) is 11.8. The predicted molar refractivity (Wildman–Crippen MR) is 73.3 cm³/mol. The van der Waals surface area contributed by atoms with E-state index in [1.807, 2.05) is 0 Å². The average molecular weight is 306 g/mol. The summed E-state index contributed by atoms with van der Waals surface area (Å²) in [5, 5.41) is 0. The van der Waals surface area contributed by atoms with Gasteiger partial charge in [0.1, 0.15) is 5.75 Å². The van der Waals surface area contributed by atoms with Crippen molar-refractivity contribution in [1.82, 2.24) is 0 Å². The van der Waals surface area contributed by atoms with E-state index in [0.717, 1.165) is 18.9 Å². The first-order chi connectivity index (χ1) is 9.47. The Bertz CT molecular complexity index is 442. The molecule has 6 heteroatoms. The van der Waals surface area contributed by atoms with Gasteiger partial charge < -0.3 is 9.47 Å². The van der Waals surface area contributed by atoms with Gasteiger partial charge >= 0.3 is 6.18 Å². The number of alkyl halides is 3. The van der Waals surface area contributed by atoms with Crippen LogP contribution >= 0.6 is 12.6 Å². The van der Waals surface area contributed by atoms with Gasteiger partial charge in [0, 0.05) is 18.6 Å². The molecule has 1 aromatic carbocycles. The van der Waals surface area contributed by atoms with Crippen LogP contribution in [0, 0.1) is 5.41 Å². The van der Waals surface area contributed by atoms with E-state index in [9.17, 15) is 13.2 Å². The van der Waals surface area contributed by atoms with Crippen molar-refractivity contribution in [1.29, 1.82) is 0 Å². The Labute approximate surface area is 121 Å². The molecule has 0 unspecified atom stereocenters. The number of benzene rings is 1. The number of ether oxygens (including phenoxy) is 2. The fourth-order valence-electron chi connectivity index (χ4n) is 2.21. The third-order valence-corrected chi connectivity index (χ3v) is 4.29. The topological polar surface area (TPSA) is 18.5 Å². The first kappa shape index (κ1) is 15.5. The lowest BCUT2D eigenvalue weighted by Crippen LogP contribution is -2.37. The highest BCUT2D eigenvalue weighted by molar-refractivity contribution is 7.80. The summed E-state index contributed by atoms with van der Waals surface area (Å²) in [6.07, 6.45) is -2.89. The average Bonchev–Trinajstić information content (AvgIpc) is 2.45. The quantitative estimate of drug-likeness (QED) is 0.853. The molecule has 1 heterocycles. The van der Waals surface area contributed by atoms with Crippen LogP contribution < -0.4 is 4.74 Å². The Balaban J connectivity index is 2.10. The number of para-hydroxylation sites is 1. The maximum Gasteiger partial charge on any atom is 0.419 e. The fraction of sp³-hybridized carbons (Fsp3) is 0.571. The number of halogens is 3. The highest BCUT2D eigenvalue weighted by atomic mass is 32.1. The first-order valence-electron chi connectivity index (χ1n) is 6.44. The maximum absolute atomic E-state index is 12.9. The molecule has 0 N–H and O–H groups in total. The highest BCUT2D eigenvalue weighted by Gasteiger charge is 2.36. The number of rotatable bonds is 4. The molecule has 112 valence electrons. The molecule has 1 aliphatic heterocycles. The molecular formula is C14H17F3O2S. The molecule has 0 aromatic heterocycles. The van der Waals surface area contributed by atoms with Crippen LogP contribution in [0.25, 0.3) is 0 Å². The van der Waals surface area contributed by atoms with Gasteiger partial charge in [-0.2, -0.15) is 25.8 Å². The minimum atomic E-state index is -4.40. The van der Waals surface area contributed by atoms with Crippen LogP contribution in [0.2, 0.25) is 0 Å². The molecule has 1 fully saturated rings. The van der Waals surface area contributed by atoms with Crippen molar-refractivity contribution in [3.63, 3.8) is 0 Å². The minimum absolute atomic E-state index is 0.118. The molecule has 0 aliphatic carbocycles. The van der Waals surface area contributed by atoms with Crippen molar-refractivity contribution in [2.45, 2.75) is 19.0 Å². The summed E-state index contributed by atoms with van der Waals surface area (Å²) < 4.78 is 49.4. The van der Waals surface area contributed by atoms with E-state index in [2.05, 4.69) is 12.6 Å². The largest absolute Gasteiger partial charge is 0.492 e. The van der Waals surface area contributed by atoms with E-state index in [1.54, 1.807) is 6.07 Å². The summed E-state index contributed by atoms with van der Waals surface area (Å²) >= 11 is 4.32. The van der Waals surface area contributed by atoms with Gasteiger partial charge in [-0.25, -0.2) is 0 Å². The maximum atomic E-state index is 12.9. The molecule has 2 nitrogen and oxygen atoms in total. The van der Waals surface area contributed by atoms with Crippen LogP contribution in [-0.2, 0) is 10.9 Å². The van der Waals surface area contributed by atoms with E-state index < -0.39 is 11.7 Å². The van der Waals surface area contributed by atoms with Gasteiger partial charge in [-0.05, 0) is 30.7 Å². The van der Waals surface area contributed by atoms with Gasteiger partial charge in [-0.1, -0.05) is 12.1 Å². The minimum Gasteiger partial charge on any atom is -0.492 e. The Hall–Kier alpha value is -0.880. The van der Waals surface area contributed by atoms with Crippen LogP contribution in [0.3, 0.4) is 0 Å². The fourth-order valence-corrected chi connectivity index (χ4v) is 2.62. The monoisotopic (exact) mass is 306 g/mol. The Morgan fingerprint density at radius 2 is 1.85 bits per heavy atom. The van der Waals surface area contributed by atoms with Gasteiger partial charge in [0.15, 0.2) is 0 Å². The first-order valence-corrected chi connectivity index (χ1v) is 7.08. The molecular weight excluding hydrogens is 289 g/mol. The van der Waals surface area contributed by atoms with Gasteiger partial charge in [0.05, 0.1) is 12.2 Å². The zero-order chi connectivity index (χ0) is 14.6. The molecule has 0 radical (unpaired) electrons. The highest BCUT2D eigenvalue weighted by Crippen LogP contribution is 2.38. The summed E-state index contributed by atoms with van der Waals surface area (Å²) in [4.78, 5) is 0. The van der Waals surface area contributed by atoms with Crippen molar-refractivity contribution in [3.05, 3.63) is 29.8 Å². The van der Waals surface area contributed by atoms with Crippen LogP contribution in [0.4, 0.5) is 13.2 Å². The Morgan fingerprint density at radius 1 is 1.20 bits per heavy atom. The lowest BCUT2D eigenvalue weighted by molar-refractivity contribution is -0.139. The smallest absolute Gasteiger partial charge is 0.419 e. The normalized spacial score (nSPS) is 18.8.